The van der Waals surface area contributed by atoms with Gasteiger partial charge in [0.1, 0.15) is 6.54 Å². The number of quaternary nitrogens is 1. The van der Waals surface area contributed by atoms with E-state index in [0.29, 0.717) is 0 Å². The molecule has 0 saturated carbocycles. The monoisotopic (exact) mass is 444 g/mol. The topological polar surface area (TPSA) is 199 Å². The van der Waals surface area contributed by atoms with Gasteiger partial charge in [0.15, 0.2) is 21.4 Å². The van der Waals surface area contributed by atoms with E-state index in [2.05, 4.69) is 51.5 Å². The van der Waals surface area contributed by atoms with E-state index in [1.165, 1.54) is 26.9 Å². The fourth-order valence-electron chi connectivity index (χ4n) is 1.13. The van der Waals surface area contributed by atoms with Gasteiger partial charge in [-0.25, -0.2) is 0 Å². The Bertz CT molecular complexity index is 367. The van der Waals surface area contributed by atoms with Crippen LogP contribution in [0.3, 0.4) is 0 Å². The number of hydrogen-bond donors (Lipinski definition) is 4. The van der Waals surface area contributed by atoms with E-state index >= 15 is 0 Å². The van der Waals surface area contributed by atoms with Crippen LogP contribution >= 0.6 is 0 Å². The van der Waals surface area contributed by atoms with Crippen molar-refractivity contribution < 1.29 is 45.7 Å². The molecule has 0 radical (unpaired) electrons. The Labute approximate surface area is 150 Å². The van der Waals surface area contributed by atoms with E-state index in [-0.39, 0.29) is 20.4 Å². The normalized spacial score (nSPS) is 7.29. The minimum atomic E-state index is 0. The van der Waals surface area contributed by atoms with Crippen LogP contribution in [0, 0.1) is 19.6 Å². The second kappa shape index (κ2) is 28.6. The molecule has 0 heterocycles. The summed E-state index contributed by atoms with van der Waals surface area (Å²) in [6, 6.07) is 10.6. The van der Waals surface area contributed by atoms with Crippen molar-refractivity contribution in [3.63, 3.8) is 0 Å². The molecule has 14 heteroatoms. The van der Waals surface area contributed by atoms with Crippen molar-refractivity contribution >= 4 is 0 Å². The van der Waals surface area contributed by atoms with Crippen molar-refractivity contribution in [2.24, 2.45) is 21.4 Å². The molecule has 0 amide bonds. The Hall–Kier alpha value is -2.56. The van der Waals surface area contributed by atoms with Crippen LogP contribution in [-0.2, 0) is 27.0 Å². The first-order valence-corrected chi connectivity index (χ1v) is 5.45. The van der Waals surface area contributed by atoms with E-state index < -0.39 is 0 Å². The van der Waals surface area contributed by atoms with E-state index in [4.69, 9.17) is 40.5 Å². The summed E-state index contributed by atoms with van der Waals surface area (Å²) in [4.78, 5) is 32.4. The predicted molar refractivity (Wildman–Crippen MR) is 78.5 cm³/mol. The van der Waals surface area contributed by atoms with Crippen LogP contribution in [0.4, 0.5) is 0 Å². The van der Waals surface area contributed by atoms with Gasteiger partial charge in [-0.15, -0.1) is 19.6 Å². The summed E-state index contributed by atoms with van der Waals surface area (Å²) in [6.07, 6.45) is 0. The number of benzene rings is 1. The summed E-state index contributed by atoms with van der Waals surface area (Å²) >= 11 is 0. The first-order chi connectivity index (χ1) is 10.7. The van der Waals surface area contributed by atoms with Gasteiger partial charge in [0.2, 0.25) is 0 Å². The zero-order chi connectivity index (χ0) is 19.1. The molecule has 0 aliphatic rings. The smallest absolute Gasteiger partial charge is 0.379 e. The fraction of sp³-hybridized carbons (Fsp3) is 0.400. The second-order valence-electron chi connectivity index (χ2n) is 4.26. The molecule has 140 valence electrons. The largest absolute Gasteiger partial charge is 2.00 e. The van der Waals surface area contributed by atoms with Crippen molar-refractivity contribution in [1.29, 1.82) is 0 Å². The summed E-state index contributed by atoms with van der Waals surface area (Å²) in [5.41, 5.74) is 1.40. The maximum absolute atomic E-state index is 8.11. The van der Waals surface area contributed by atoms with Gasteiger partial charge in [-0.3, -0.25) is 0 Å². The Kier molecular flexibility index (Phi) is 39.5. The number of nitrogens with zero attached hydrogens (tertiary/aromatic N) is 5. The van der Waals surface area contributed by atoms with Gasteiger partial charge in [0.05, 0.1) is 21.1 Å². The molecular formula is C10H20N5O8Pd+3. The van der Waals surface area contributed by atoms with E-state index in [9.17, 15) is 0 Å². The summed E-state index contributed by atoms with van der Waals surface area (Å²) in [5, 5.41) is 31.6. The first kappa shape index (κ1) is 33.1. The van der Waals surface area contributed by atoms with Crippen LogP contribution in [0.1, 0.15) is 5.56 Å². The molecule has 0 spiro atoms. The van der Waals surface area contributed by atoms with Crippen molar-refractivity contribution in [3.8, 4) is 0 Å². The first-order valence-electron chi connectivity index (χ1n) is 5.45. The van der Waals surface area contributed by atoms with Crippen LogP contribution < -0.4 is 0 Å². The average Bonchev–Trinajstić information content (AvgIpc) is 2.41. The van der Waals surface area contributed by atoms with Gasteiger partial charge in [0, 0.05) is 5.56 Å². The van der Waals surface area contributed by atoms with Gasteiger partial charge in [-0.2, -0.15) is 0 Å². The standard InChI is InChI=1S/C10H16N.4HNO2.Pd/c1-11(2,3)9-10-7-5-4-6-8-10;4*2-1-3;/h4-8H,9H2,1-3H3;4*(H,2,3);/q+1;;;;;+2. The van der Waals surface area contributed by atoms with E-state index in [1.807, 2.05) is 0 Å². The molecule has 0 aliphatic carbocycles. The van der Waals surface area contributed by atoms with Gasteiger partial charge >= 0.3 is 20.4 Å². The van der Waals surface area contributed by atoms with Gasteiger partial charge in [0.25, 0.3) is 0 Å². The molecular weight excluding hydrogens is 425 g/mol. The van der Waals surface area contributed by atoms with Crippen molar-refractivity contribution in [2.75, 3.05) is 21.1 Å². The molecule has 0 fully saturated rings. The SMILES string of the molecule is C[N+](C)(C)Cc1ccccc1.O=NO.O=NO.O=NO.O=NO.[Pd+2]. The van der Waals surface area contributed by atoms with E-state index in [1.54, 1.807) is 0 Å². The molecule has 1 aromatic rings. The minimum Gasteiger partial charge on any atom is -0.379 e. The molecule has 1 aromatic carbocycles. The molecule has 0 aliphatic heterocycles. The maximum Gasteiger partial charge on any atom is 2.00 e. The molecule has 0 aromatic heterocycles. The van der Waals surface area contributed by atoms with E-state index in [0.717, 1.165) is 11.0 Å². The van der Waals surface area contributed by atoms with Crippen molar-refractivity contribution in [1.82, 2.24) is 0 Å². The van der Waals surface area contributed by atoms with Gasteiger partial charge < -0.3 is 25.3 Å². The van der Waals surface area contributed by atoms with Gasteiger partial charge in [-0.05, 0) is 0 Å². The van der Waals surface area contributed by atoms with Crippen LogP contribution in [0.2, 0.25) is 0 Å². The Balaban J connectivity index is -0.0000000777. The van der Waals surface area contributed by atoms with Crippen LogP contribution in [0.5, 0.6) is 0 Å². The summed E-state index contributed by atoms with van der Waals surface area (Å²) in [7, 11) is 6.60. The fourth-order valence-corrected chi connectivity index (χ4v) is 1.13. The molecule has 4 N–H and O–H groups in total. The Morgan fingerprint density at radius 1 is 0.750 bits per heavy atom. The Morgan fingerprint density at radius 2 is 1.00 bits per heavy atom. The second-order valence-corrected chi connectivity index (χ2v) is 4.26. The van der Waals surface area contributed by atoms with Crippen LogP contribution in [0.25, 0.3) is 0 Å². The third-order valence-electron chi connectivity index (χ3n) is 1.50. The Morgan fingerprint density at radius 3 is 1.21 bits per heavy atom. The molecule has 0 atom stereocenters. The number of hydrogen-bond acceptors (Lipinski definition) is 8. The zero-order valence-electron chi connectivity index (χ0n) is 13.1. The summed E-state index contributed by atoms with van der Waals surface area (Å²) in [6.45, 7) is 1.10. The summed E-state index contributed by atoms with van der Waals surface area (Å²) in [5.74, 6) is 0. The molecule has 13 nitrogen and oxygen atoms in total. The molecule has 1 rings (SSSR count). The maximum atomic E-state index is 8.11. The molecule has 0 bridgehead atoms. The predicted octanol–water partition coefficient (Wildman–Crippen LogP) is 2.46. The molecule has 24 heavy (non-hydrogen) atoms. The third-order valence-corrected chi connectivity index (χ3v) is 1.50. The average molecular weight is 445 g/mol. The van der Waals surface area contributed by atoms with Crippen LogP contribution in [-0.4, -0.2) is 46.5 Å². The third kappa shape index (κ3) is 60.6. The van der Waals surface area contributed by atoms with Crippen molar-refractivity contribution in [3.05, 3.63) is 55.5 Å². The molecule has 0 unspecified atom stereocenters. The van der Waals surface area contributed by atoms with Crippen LogP contribution in [0.15, 0.2) is 51.7 Å². The molecule has 0 saturated heterocycles. The number of rotatable bonds is 2. The minimum absolute atomic E-state index is 0. The van der Waals surface area contributed by atoms with Crippen molar-refractivity contribution in [2.45, 2.75) is 6.54 Å². The zero-order valence-corrected chi connectivity index (χ0v) is 14.6. The summed E-state index contributed by atoms with van der Waals surface area (Å²) < 4.78 is 0.990. The van der Waals surface area contributed by atoms with Gasteiger partial charge in [-0.1, -0.05) is 30.3 Å². The quantitative estimate of drug-likeness (QED) is 0.230.